The Morgan fingerprint density at radius 2 is 1.95 bits per heavy atom. The van der Waals surface area contributed by atoms with Gasteiger partial charge in [0.2, 0.25) is 0 Å². The first-order valence-electron chi connectivity index (χ1n) is 6.85. The van der Waals surface area contributed by atoms with Crippen LogP contribution < -0.4 is 4.74 Å². The van der Waals surface area contributed by atoms with Gasteiger partial charge in [-0.3, -0.25) is 0 Å². The van der Waals surface area contributed by atoms with E-state index in [0.29, 0.717) is 11.3 Å². The molecule has 0 unspecified atom stereocenters. The van der Waals surface area contributed by atoms with Crippen molar-refractivity contribution in [2.24, 2.45) is 0 Å². The lowest BCUT2D eigenvalue weighted by Crippen LogP contribution is -2.15. The molecule has 0 spiro atoms. The lowest BCUT2D eigenvalue weighted by atomic mass is 10.1. The Hall–Kier alpha value is -1.53. The lowest BCUT2D eigenvalue weighted by molar-refractivity contribution is 0.183. The van der Waals surface area contributed by atoms with Crippen molar-refractivity contribution in [2.75, 3.05) is 6.61 Å². The van der Waals surface area contributed by atoms with E-state index in [1.54, 1.807) is 12.1 Å². The van der Waals surface area contributed by atoms with E-state index in [1.807, 2.05) is 0 Å². The van der Waals surface area contributed by atoms with Gasteiger partial charge in [0.1, 0.15) is 18.2 Å². The van der Waals surface area contributed by atoms with E-state index in [0.717, 1.165) is 12.8 Å². The summed E-state index contributed by atoms with van der Waals surface area (Å²) in [5.74, 6) is 5.18. The summed E-state index contributed by atoms with van der Waals surface area (Å²) in [5, 5.41) is 8.60. The Labute approximate surface area is 113 Å². The Morgan fingerprint density at radius 1 is 1.21 bits per heavy atom. The van der Waals surface area contributed by atoms with Crippen molar-refractivity contribution in [3.8, 4) is 17.6 Å². The van der Waals surface area contributed by atoms with E-state index in [-0.39, 0.29) is 12.7 Å². The molecule has 0 amide bonds. The maximum absolute atomic E-state index is 13.7. The Kier molecular flexibility index (Phi) is 5.23. The van der Waals surface area contributed by atoms with Gasteiger partial charge in [-0.25, -0.2) is 4.39 Å². The number of halogens is 1. The Bertz CT molecular complexity index is 465. The van der Waals surface area contributed by atoms with Gasteiger partial charge in [0, 0.05) is 6.07 Å². The van der Waals surface area contributed by atoms with Crippen molar-refractivity contribution in [2.45, 2.75) is 44.6 Å². The summed E-state index contributed by atoms with van der Waals surface area (Å²) in [6.45, 7) is -0.264. The monoisotopic (exact) mass is 262 g/mol. The van der Waals surface area contributed by atoms with E-state index in [2.05, 4.69) is 11.8 Å². The predicted molar refractivity (Wildman–Crippen MR) is 72.5 cm³/mol. The molecule has 0 atom stereocenters. The van der Waals surface area contributed by atoms with Crippen LogP contribution in [-0.2, 0) is 0 Å². The van der Waals surface area contributed by atoms with Gasteiger partial charge in [-0.15, -0.1) is 0 Å². The third-order valence-corrected chi connectivity index (χ3v) is 3.35. The molecule has 1 aliphatic rings. The van der Waals surface area contributed by atoms with Crippen LogP contribution in [0.25, 0.3) is 0 Å². The highest BCUT2D eigenvalue weighted by Gasteiger charge is 2.14. The normalized spacial score (nSPS) is 16.3. The molecule has 1 aromatic carbocycles. The van der Waals surface area contributed by atoms with Gasteiger partial charge in [0.25, 0.3) is 0 Å². The van der Waals surface area contributed by atoms with Gasteiger partial charge in [-0.1, -0.05) is 24.7 Å². The third-order valence-electron chi connectivity index (χ3n) is 3.35. The molecular weight excluding hydrogens is 243 g/mol. The van der Waals surface area contributed by atoms with Crippen molar-refractivity contribution in [1.82, 2.24) is 0 Å². The molecule has 0 aromatic heterocycles. The number of benzene rings is 1. The van der Waals surface area contributed by atoms with Crippen LogP contribution in [0.5, 0.6) is 5.75 Å². The highest BCUT2D eigenvalue weighted by molar-refractivity contribution is 5.39. The van der Waals surface area contributed by atoms with Crippen LogP contribution in [0.2, 0.25) is 0 Å². The molecule has 1 fully saturated rings. The van der Waals surface area contributed by atoms with Gasteiger partial charge in [0.15, 0.2) is 0 Å². The Balaban J connectivity index is 2.02. The molecule has 0 radical (unpaired) electrons. The highest BCUT2D eigenvalue weighted by Crippen LogP contribution is 2.24. The molecular formula is C16H19FO2. The fourth-order valence-electron chi connectivity index (χ4n) is 2.36. The third kappa shape index (κ3) is 4.25. The standard InChI is InChI=1S/C16H19FO2/c17-16-12-15(10-9-13(16)6-5-11-18)19-14-7-3-1-2-4-8-14/h9-10,12,14,18H,1-4,7-8,11H2. The largest absolute Gasteiger partial charge is 0.490 e. The van der Waals surface area contributed by atoms with E-state index in [4.69, 9.17) is 9.84 Å². The van der Waals surface area contributed by atoms with Crippen LogP contribution in [0.15, 0.2) is 18.2 Å². The number of ether oxygens (including phenoxy) is 1. The van der Waals surface area contributed by atoms with Crippen molar-refractivity contribution in [3.05, 3.63) is 29.6 Å². The van der Waals surface area contributed by atoms with Crippen LogP contribution in [0.3, 0.4) is 0 Å². The number of hydrogen-bond acceptors (Lipinski definition) is 2. The second kappa shape index (κ2) is 7.16. The summed E-state index contributed by atoms with van der Waals surface area (Å²) in [5.41, 5.74) is 0.294. The molecule has 2 rings (SSSR count). The number of hydrogen-bond donors (Lipinski definition) is 1. The molecule has 19 heavy (non-hydrogen) atoms. The fourth-order valence-corrected chi connectivity index (χ4v) is 2.36. The summed E-state index contributed by atoms with van der Waals surface area (Å²) >= 11 is 0. The van der Waals surface area contributed by atoms with Crippen LogP contribution in [0.4, 0.5) is 4.39 Å². The summed E-state index contributed by atoms with van der Waals surface area (Å²) in [6.07, 6.45) is 7.21. The number of aliphatic hydroxyl groups excluding tert-OH is 1. The zero-order valence-corrected chi connectivity index (χ0v) is 11.0. The number of rotatable bonds is 2. The molecule has 102 valence electrons. The summed E-state index contributed by atoms with van der Waals surface area (Å²) in [4.78, 5) is 0. The fraction of sp³-hybridized carbons (Fsp3) is 0.500. The quantitative estimate of drug-likeness (QED) is 0.654. The minimum absolute atomic E-state index is 0.205. The first-order valence-corrected chi connectivity index (χ1v) is 6.85. The van der Waals surface area contributed by atoms with Gasteiger partial charge in [-0.05, 0) is 37.8 Å². The Morgan fingerprint density at radius 3 is 2.58 bits per heavy atom. The molecule has 1 saturated carbocycles. The van der Waals surface area contributed by atoms with E-state index < -0.39 is 5.82 Å². The average molecular weight is 262 g/mol. The average Bonchev–Trinajstić information content (AvgIpc) is 2.66. The molecule has 0 bridgehead atoms. The topological polar surface area (TPSA) is 29.5 Å². The molecule has 1 aliphatic carbocycles. The van der Waals surface area contributed by atoms with Crippen molar-refractivity contribution >= 4 is 0 Å². The summed E-state index contributed by atoms with van der Waals surface area (Å²) in [6, 6.07) is 4.73. The maximum Gasteiger partial charge on any atom is 0.142 e. The summed E-state index contributed by atoms with van der Waals surface area (Å²) in [7, 11) is 0. The molecule has 3 heteroatoms. The van der Waals surface area contributed by atoms with Gasteiger partial charge < -0.3 is 9.84 Å². The highest BCUT2D eigenvalue weighted by atomic mass is 19.1. The lowest BCUT2D eigenvalue weighted by Gasteiger charge is -2.17. The van der Waals surface area contributed by atoms with E-state index >= 15 is 0 Å². The molecule has 0 heterocycles. The van der Waals surface area contributed by atoms with E-state index in [9.17, 15) is 4.39 Å². The minimum atomic E-state index is -0.396. The molecule has 0 saturated heterocycles. The summed E-state index contributed by atoms with van der Waals surface area (Å²) < 4.78 is 19.6. The molecule has 1 N–H and O–H groups in total. The van der Waals surface area contributed by atoms with Crippen LogP contribution >= 0.6 is 0 Å². The predicted octanol–water partition coefficient (Wildman–Crippen LogP) is 3.27. The second-order valence-corrected chi connectivity index (χ2v) is 4.83. The van der Waals surface area contributed by atoms with Gasteiger partial charge >= 0.3 is 0 Å². The minimum Gasteiger partial charge on any atom is -0.490 e. The number of aliphatic hydroxyl groups is 1. The SMILES string of the molecule is OCC#Cc1ccc(OC2CCCCCC2)cc1F. The van der Waals surface area contributed by atoms with Gasteiger partial charge in [0.05, 0.1) is 11.7 Å². The second-order valence-electron chi connectivity index (χ2n) is 4.83. The molecule has 1 aromatic rings. The van der Waals surface area contributed by atoms with Crippen LogP contribution in [0, 0.1) is 17.7 Å². The smallest absolute Gasteiger partial charge is 0.142 e. The zero-order chi connectivity index (χ0) is 13.5. The van der Waals surface area contributed by atoms with Crippen LogP contribution in [-0.4, -0.2) is 17.8 Å². The van der Waals surface area contributed by atoms with E-state index in [1.165, 1.54) is 31.7 Å². The van der Waals surface area contributed by atoms with Crippen molar-refractivity contribution < 1.29 is 14.2 Å². The van der Waals surface area contributed by atoms with Crippen LogP contribution in [0.1, 0.15) is 44.1 Å². The first-order chi connectivity index (χ1) is 9.29. The first kappa shape index (κ1) is 13.9. The maximum atomic E-state index is 13.7. The molecule has 0 aliphatic heterocycles. The van der Waals surface area contributed by atoms with Crippen molar-refractivity contribution in [1.29, 1.82) is 0 Å². The molecule has 2 nitrogen and oxygen atoms in total. The van der Waals surface area contributed by atoms with Gasteiger partial charge in [-0.2, -0.15) is 0 Å². The zero-order valence-electron chi connectivity index (χ0n) is 11.0. The van der Waals surface area contributed by atoms with Crippen molar-refractivity contribution in [3.63, 3.8) is 0 Å².